The first-order chi connectivity index (χ1) is 15.5. The van der Waals surface area contributed by atoms with Crippen molar-refractivity contribution in [3.8, 4) is 5.75 Å². The Morgan fingerprint density at radius 1 is 0.969 bits per heavy atom. The van der Waals surface area contributed by atoms with E-state index in [-0.39, 0.29) is 11.3 Å². The van der Waals surface area contributed by atoms with E-state index in [1.54, 1.807) is 31.4 Å². The van der Waals surface area contributed by atoms with Crippen LogP contribution in [0.4, 0.5) is 5.69 Å². The molecule has 1 saturated heterocycles. The van der Waals surface area contributed by atoms with E-state index in [4.69, 9.17) is 4.74 Å². The van der Waals surface area contributed by atoms with E-state index in [0.29, 0.717) is 22.6 Å². The van der Waals surface area contributed by atoms with Crippen molar-refractivity contribution in [3.63, 3.8) is 0 Å². The third kappa shape index (κ3) is 3.66. The van der Waals surface area contributed by atoms with E-state index >= 15 is 0 Å². The monoisotopic (exact) mass is 427 g/mol. The minimum atomic E-state index is -0.757. The predicted molar refractivity (Wildman–Crippen MR) is 125 cm³/mol. The number of amides is 1. The molecule has 4 rings (SSSR count). The Morgan fingerprint density at radius 2 is 1.62 bits per heavy atom. The molecule has 1 unspecified atom stereocenters. The number of aliphatic hydroxyl groups is 1. The molecule has 1 heterocycles. The number of nitrogens with zero attached hydrogens (tertiary/aromatic N) is 1. The normalized spacial score (nSPS) is 17.6. The molecule has 0 bridgehead atoms. The van der Waals surface area contributed by atoms with E-state index in [1.807, 2.05) is 62.4 Å². The zero-order chi connectivity index (χ0) is 22.8. The molecule has 3 aromatic carbocycles. The van der Waals surface area contributed by atoms with Crippen LogP contribution in [0.2, 0.25) is 0 Å². The van der Waals surface area contributed by atoms with Crippen molar-refractivity contribution >= 4 is 23.1 Å². The van der Waals surface area contributed by atoms with Gasteiger partial charge in [-0.05, 0) is 48.2 Å². The van der Waals surface area contributed by atoms with Crippen molar-refractivity contribution < 1.29 is 19.4 Å². The number of rotatable bonds is 5. The van der Waals surface area contributed by atoms with Gasteiger partial charge in [-0.3, -0.25) is 14.5 Å². The molecule has 5 heteroatoms. The van der Waals surface area contributed by atoms with E-state index in [1.165, 1.54) is 4.90 Å². The van der Waals surface area contributed by atoms with Gasteiger partial charge in [-0.2, -0.15) is 0 Å². The number of aryl methyl sites for hydroxylation is 2. The molecule has 0 aliphatic carbocycles. The molecule has 3 aromatic rings. The number of anilines is 1. The lowest BCUT2D eigenvalue weighted by atomic mass is 9.94. The van der Waals surface area contributed by atoms with Crippen LogP contribution in [0.1, 0.15) is 35.2 Å². The molecule has 162 valence electrons. The smallest absolute Gasteiger partial charge is 0.300 e. The molecule has 1 N–H and O–H groups in total. The van der Waals surface area contributed by atoms with Crippen LogP contribution in [0, 0.1) is 6.92 Å². The van der Waals surface area contributed by atoms with Crippen molar-refractivity contribution in [2.45, 2.75) is 26.3 Å². The highest BCUT2D eigenvalue weighted by Crippen LogP contribution is 2.43. The molecule has 32 heavy (non-hydrogen) atoms. The molecule has 1 atom stereocenters. The van der Waals surface area contributed by atoms with Crippen LogP contribution in [0.5, 0.6) is 5.75 Å². The number of methoxy groups -OCH3 is 1. The molecular weight excluding hydrogens is 402 g/mol. The third-order valence-electron chi connectivity index (χ3n) is 5.89. The zero-order valence-corrected chi connectivity index (χ0v) is 18.3. The average Bonchev–Trinajstić information content (AvgIpc) is 3.09. The largest absolute Gasteiger partial charge is 0.507 e. The first-order valence-electron chi connectivity index (χ1n) is 10.6. The minimum absolute atomic E-state index is 0.0765. The number of para-hydroxylation sites is 1. The Hall–Kier alpha value is -3.86. The molecule has 0 aromatic heterocycles. The summed E-state index contributed by atoms with van der Waals surface area (Å²) in [6.45, 7) is 3.94. The fraction of sp³-hybridized carbons (Fsp3) is 0.185. The average molecular weight is 428 g/mol. The zero-order valence-electron chi connectivity index (χ0n) is 18.3. The molecule has 5 nitrogen and oxygen atoms in total. The Balaban J connectivity index is 1.93. The van der Waals surface area contributed by atoms with Gasteiger partial charge >= 0.3 is 0 Å². The van der Waals surface area contributed by atoms with Crippen molar-refractivity contribution in [1.82, 2.24) is 0 Å². The van der Waals surface area contributed by atoms with Gasteiger partial charge in [-0.1, -0.05) is 61.5 Å². The Kier molecular flexibility index (Phi) is 5.82. The number of Topliss-reactive ketones (excluding diaryl/α,β-unsaturated/α-hetero) is 1. The lowest BCUT2D eigenvalue weighted by Crippen LogP contribution is -2.30. The van der Waals surface area contributed by atoms with Gasteiger partial charge in [0.25, 0.3) is 11.7 Å². The van der Waals surface area contributed by atoms with Crippen LogP contribution in [-0.2, 0) is 16.0 Å². The van der Waals surface area contributed by atoms with Gasteiger partial charge in [0.15, 0.2) is 0 Å². The van der Waals surface area contributed by atoms with Gasteiger partial charge in [0.05, 0.1) is 18.7 Å². The summed E-state index contributed by atoms with van der Waals surface area (Å²) in [6, 6.07) is 21.2. The summed E-state index contributed by atoms with van der Waals surface area (Å²) < 4.78 is 5.26. The maximum Gasteiger partial charge on any atom is 0.300 e. The quantitative estimate of drug-likeness (QED) is 0.346. The Morgan fingerprint density at radius 3 is 2.22 bits per heavy atom. The number of carbonyl (C=O) groups is 2. The van der Waals surface area contributed by atoms with Crippen molar-refractivity contribution in [2.24, 2.45) is 0 Å². The SMILES string of the molecule is CCc1ccc(/C(O)=C2\C(=O)C(=O)N(c3ccccc3C)C2c2ccc(OC)cc2)cc1. The van der Waals surface area contributed by atoms with E-state index in [2.05, 4.69) is 0 Å². The van der Waals surface area contributed by atoms with Crippen LogP contribution in [-0.4, -0.2) is 23.9 Å². The summed E-state index contributed by atoms with van der Waals surface area (Å²) in [4.78, 5) is 27.9. The highest BCUT2D eigenvalue weighted by molar-refractivity contribution is 6.51. The van der Waals surface area contributed by atoms with Gasteiger partial charge < -0.3 is 9.84 Å². The molecule has 1 amide bonds. The Labute approximate surface area is 187 Å². The molecule has 1 aliphatic rings. The summed E-state index contributed by atoms with van der Waals surface area (Å²) in [6.07, 6.45) is 0.866. The number of benzene rings is 3. The number of ketones is 1. The standard InChI is InChI=1S/C27H25NO4/c1-4-18-9-11-20(12-10-18)25(29)23-24(19-13-15-21(32-3)16-14-19)28(27(31)26(23)30)22-8-6-5-7-17(22)2/h5-16,24,29H,4H2,1-3H3/b25-23+. The molecule has 1 aliphatic heterocycles. The first-order valence-corrected chi connectivity index (χ1v) is 10.6. The maximum absolute atomic E-state index is 13.2. The predicted octanol–water partition coefficient (Wildman–Crippen LogP) is 5.19. The number of hydrogen-bond donors (Lipinski definition) is 1. The summed E-state index contributed by atoms with van der Waals surface area (Å²) >= 11 is 0. The lowest BCUT2D eigenvalue weighted by molar-refractivity contribution is -0.132. The van der Waals surface area contributed by atoms with Gasteiger partial charge in [-0.15, -0.1) is 0 Å². The minimum Gasteiger partial charge on any atom is -0.507 e. The summed E-state index contributed by atoms with van der Waals surface area (Å²) in [5.41, 5.74) is 3.90. The van der Waals surface area contributed by atoms with Crippen molar-refractivity contribution in [3.05, 3.63) is 101 Å². The van der Waals surface area contributed by atoms with Crippen molar-refractivity contribution in [2.75, 3.05) is 12.0 Å². The second-order valence-corrected chi connectivity index (χ2v) is 7.78. The van der Waals surface area contributed by atoms with Crippen molar-refractivity contribution in [1.29, 1.82) is 0 Å². The highest BCUT2D eigenvalue weighted by Gasteiger charge is 2.47. The Bertz CT molecular complexity index is 1190. The maximum atomic E-state index is 13.2. The second kappa shape index (κ2) is 8.71. The summed E-state index contributed by atoms with van der Waals surface area (Å²) in [7, 11) is 1.58. The van der Waals surface area contributed by atoms with Gasteiger partial charge in [-0.25, -0.2) is 0 Å². The van der Waals surface area contributed by atoms with Gasteiger partial charge in [0.2, 0.25) is 0 Å². The molecule has 1 fully saturated rings. The second-order valence-electron chi connectivity index (χ2n) is 7.78. The van der Waals surface area contributed by atoms with Gasteiger partial charge in [0.1, 0.15) is 11.5 Å². The fourth-order valence-electron chi connectivity index (χ4n) is 4.07. The number of hydrogen-bond acceptors (Lipinski definition) is 4. The summed E-state index contributed by atoms with van der Waals surface area (Å²) in [5, 5.41) is 11.2. The topological polar surface area (TPSA) is 66.8 Å². The van der Waals surface area contributed by atoms with E-state index in [9.17, 15) is 14.7 Å². The number of aliphatic hydroxyl groups excluding tert-OH is 1. The molecule has 0 radical (unpaired) electrons. The van der Waals surface area contributed by atoms with Crippen LogP contribution in [0.3, 0.4) is 0 Å². The highest BCUT2D eigenvalue weighted by atomic mass is 16.5. The van der Waals surface area contributed by atoms with Crippen LogP contribution in [0.25, 0.3) is 5.76 Å². The lowest BCUT2D eigenvalue weighted by Gasteiger charge is -2.27. The fourth-order valence-corrected chi connectivity index (χ4v) is 4.07. The number of carbonyl (C=O) groups excluding carboxylic acids is 2. The molecule has 0 saturated carbocycles. The number of ether oxygens (including phenoxy) is 1. The van der Waals surface area contributed by atoms with Gasteiger partial charge in [0, 0.05) is 11.3 Å². The van der Waals surface area contributed by atoms with Crippen LogP contribution >= 0.6 is 0 Å². The molecule has 0 spiro atoms. The molecular formula is C27H25NO4. The van der Waals surface area contributed by atoms with E-state index in [0.717, 1.165) is 17.5 Å². The van der Waals surface area contributed by atoms with Crippen LogP contribution < -0.4 is 9.64 Å². The summed E-state index contributed by atoms with van der Waals surface area (Å²) in [5.74, 6) is -0.877. The first kappa shape index (κ1) is 21.4. The van der Waals surface area contributed by atoms with Crippen LogP contribution in [0.15, 0.2) is 78.4 Å². The van der Waals surface area contributed by atoms with E-state index < -0.39 is 17.7 Å². The third-order valence-corrected chi connectivity index (χ3v) is 5.89.